The van der Waals surface area contributed by atoms with Crippen LogP contribution in [0.25, 0.3) is 0 Å². The largest absolute Gasteiger partial charge is 0.491 e. The van der Waals surface area contributed by atoms with Crippen molar-refractivity contribution < 1.29 is 23.8 Å². The average molecular weight is 560 g/mol. The molecule has 3 aromatic carbocycles. The van der Waals surface area contributed by atoms with Crippen molar-refractivity contribution in [2.45, 2.75) is 58.2 Å². The number of carbonyl (C=O) groups excluding carboxylic acids is 1. The highest BCUT2D eigenvalue weighted by molar-refractivity contribution is 5.87. The molecule has 1 aliphatic heterocycles. The number of halogens is 1. The van der Waals surface area contributed by atoms with Crippen LogP contribution in [-0.2, 0) is 11.2 Å². The molecule has 8 heteroatoms. The second-order valence-electron chi connectivity index (χ2n) is 10.4. The van der Waals surface area contributed by atoms with Gasteiger partial charge in [0.15, 0.2) is 0 Å². The van der Waals surface area contributed by atoms with Crippen LogP contribution in [0.15, 0.2) is 84.7 Å². The fourth-order valence-corrected chi connectivity index (χ4v) is 4.87. The lowest BCUT2D eigenvalue weighted by Crippen LogP contribution is -2.40. The Kier molecular flexibility index (Phi) is 10.4. The van der Waals surface area contributed by atoms with Gasteiger partial charge in [-0.3, -0.25) is 4.79 Å². The Bertz CT molecular complexity index is 1340. The van der Waals surface area contributed by atoms with Crippen LogP contribution >= 0.6 is 0 Å². The van der Waals surface area contributed by atoms with Gasteiger partial charge in [0, 0.05) is 17.8 Å². The number of nitrogens with zero attached hydrogens (tertiary/aromatic N) is 1. The normalized spacial score (nSPS) is 16.9. The van der Waals surface area contributed by atoms with Crippen molar-refractivity contribution >= 4 is 23.3 Å². The highest BCUT2D eigenvalue weighted by Crippen LogP contribution is 2.25. The number of hydrogen-bond acceptors (Lipinski definition) is 5. The van der Waals surface area contributed by atoms with Crippen LogP contribution in [0.4, 0.5) is 15.8 Å². The van der Waals surface area contributed by atoms with Crippen molar-refractivity contribution in [1.82, 2.24) is 4.90 Å². The third kappa shape index (κ3) is 8.58. The summed E-state index contributed by atoms with van der Waals surface area (Å²) < 4.78 is 20.1. The number of likely N-dealkylation sites (tertiary alicyclic amines) is 1. The van der Waals surface area contributed by atoms with Crippen LogP contribution < -0.4 is 15.4 Å². The molecule has 0 bridgehead atoms. The van der Waals surface area contributed by atoms with Gasteiger partial charge in [-0.25, -0.2) is 9.18 Å². The highest BCUT2D eigenvalue weighted by Gasteiger charge is 2.35. The molecule has 2 unspecified atom stereocenters. The molecule has 1 aliphatic rings. The summed E-state index contributed by atoms with van der Waals surface area (Å²) in [6.07, 6.45) is 4.60. The number of nitrogens with one attached hydrogen (secondary N) is 2. The Hall–Kier alpha value is -4.33. The van der Waals surface area contributed by atoms with Gasteiger partial charge >= 0.3 is 5.97 Å². The monoisotopic (exact) mass is 559 g/mol. The number of carboxylic acids is 1. The Morgan fingerprint density at radius 2 is 1.83 bits per heavy atom. The molecule has 3 aromatic rings. The summed E-state index contributed by atoms with van der Waals surface area (Å²) in [5.41, 5.74) is 3.96. The summed E-state index contributed by atoms with van der Waals surface area (Å²) in [5, 5.41) is 16.0. The van der Waals surface area contributed by atoms with Crippen molar-refractivity contribution in [2.24, 2.45) is 0 Å². The van der Waals surface area contributed by atoms with E-state index in [4.69, 9.17) is 9.84 Å². The molecule has 4 rings (SSSR count). The van der Waals surface area contributed by atoms with E-state index in [-0.39, 0.29) is 37.5 Å². The zero-order chi connectivity index (χ0) is 29.2. The van der Waals surface area contributed by atoms with Crippen LogP contribution in [0.3, 0.4) is 0 Å². The van der Waals surface area contributed by atoms with Crippen LogP contribution in [0.5, 0.6) is 5.75 Å². The minimum Gasteiger partial charge on any atom is -0.491 e. The molecule has 1 fully saturated rings. The van der Waals surface area contributed by atoms with E-state index in [0.29, 0.717) is 5.75 Å². The fourth-order valence-electron chi connectivity index (χ4n) is 4.87. The van der Waals surface area contributed by atoms with E-state index in [0.717, 1.165) is 47.6 Å². The molecule has 1 saturated heterocycles. The number of carbonyl (C=O) groups is 2. The van der Waals surface area contributed by atoms with Gasteiger partial charge in [0.2, 0.25) is 5.91 Å². The molecular weight excluding hydrogens is 521 g/mol. The van der Waals surface area contributed by atoms with E-state index >= 15 is 0 Å². The first kappa shape index (κ1) is 29.6. The number of alkyl halides is 1. The van der Waals surface area contributed by atoms with Crippen LogP contribution in [0.2, 0.25) is 0 Å². The molecule has 41 heavy (non-hydrogen) atoms. The summed E-state index contributed by atoms with van der Waals surface area (Å²) >= 11 is 0. The van der Waals surface area contributed by atoms with Crippen LogP contribution in [-0.4, -0.2) is 47.2 Å². The van der Waals surface area contributed by atoms with Gasteiger partial charge < -0.3 is 25.4 Å². The van der Waals surface area contributed by atoms with Gasteiger partial charge in [-0.2, -0.15) is 0 Å². The number of hydrogen-bond donors (Lipinski definition) is 3. The summed E-state index contributed by atoms with van der Waals surface area (Å²) in [6.45, 7) is 4.35. The quantitative estimate of drug-likeness (QED) is 0.199. The molecule has 0 saturated carbocycles. The Morgan fingerprint density at radius 3 is 2.51 bits per heavy atom. The predicted molar refractivity (Wildman–Crippen MR) is 160 cm³/mol. The maximum absolute atomic E-state index is 14.4. The SMILES string of the molecule is CCCC/C=C(/Nc1ccccc1)Nc1ccc(CC(=O)N2CC(F)CC2COc2ccc(C(=O)O)cc2)cc1C. The van der Waals surface area contributed by atoms with Gasteiger partial charge in [-0.05, 0) is 79.4 Å². The number of amides is 1. The first-order valence-corrected chi connectivity index (χ1v) is 14.1. The molecule has 7 nitrogen and oxygen atoms in total. The summed E-state index contributed by atoms with van der Waals surface area (Å²) in [6, 6.07) is 21.5. The summed E-state index contributed by atoms with van der Waals surface area (Å²) in [5.74, 6) is 0.221. The Labute approximate surface area is 241 Å². The van der Waals surface area contributed by atoms with Gasteiger partial charge in [-0.15, -0.1) is 0 Å². The second-order valence-corrected chi connectivity index (χ2v) is 10.4. The number of para-hydroxylation sites is 1. The number of carboxylic acid groups (broad SMARTS) is 1. The summed E-state index contributed by atoms with van der Waals surface area (Å²) in [4.78, 5) is 25.8. The third-order valence-corrected chi connectivity index (χ3v) is 7.10. The molecule has 3 N–H and O–H groups in total. The van der Waals surface area contributed by atoms with E-state index in [1.54, 1.807) is 17.0 Å². The van der Waals surface area contributed by atoms with Crippen molar-refractivity contribution in [3.63, 3.8) is 0 Å². The smallest absolute Gasteiger partial charge is 0.335 e. The van der Waals surface area contributed by atoms with Crippen molar-refractivity contribution in [3.8, 4) is 5.75 Å². The standard InChI is InChI=1S/C33H38FN3O4/c1-3-4-6-11-31(35-27-9-7-5-8-10-27)36-30-17-12-24(18-23(30)2)19-32(38)37-21-26(34)20-28(37)22-41-29-15-13-25(14-16-29)33(39)40/h5,7-18,26,28,35-36H,3-4,6,19-22H2,1-2H3,(H,39,40)/b31-11-. The van der Waals surface area contributed by atoms with E-state index in [2.05, 4.69) is 23.6 Å². The molecule has 0 radical (unpaired) electrons. The van der Waals surface area contributed by atoms with Gasteiger partial charge in [0.25, 0.3) is 0 Å². The predicted octanol–water partition coefficient (Wildman–Crippen LogP) is 6.81. The van der Waals surface area contributed by atoms with Crippen molar-refractivity contribution in [3.05, 3.63) is 101 Å². The Morgan fingerprint density at radius 1 is 1.07 bits per heavy atom. The average Bonchev–Trinajstić information content (AvgIpc) is 3.34. The van der Waals surface area contributed by atoms with Crippen molar-refractivity contribution in [2.75, 3.05) is 23.8 Å². The van der Waals surface area contributed by atoms with Crippen LogP contribution in [0, 0.1) is 6.92 Å². The lowest BCUT2D eigenvalue weighted by atomic mass is 10.1. The number of aromatic carboxylic acids is 1. The van der Waals surface area contributed by atoms with E-state index in [9.17, 15) is 14.0 Å². The van der Waals surface area contributed by atoms with Crippen LogP contribution in [0.1, 0.15) is 54.1 Å². The first-order chi connectivity index (χ1) is 19.8. The molecule has 2 atom stereocenters. The zero-order valence-corrected chi connectivity index (χ0v) is 23.6. The second kappa shape index (κ2) is 14.3. The number of ether oxygens (including phenoxy) is 1. The zero-order valence-electron chi connectivity index (χ0n) is 23.6. The fraction of sp³-hybridized carbons (Fsp3) is 0.333. The lowest BCUT2D eigenvalue weighted by molar-refractivity contribution is -0.132. The van der Waals surface area contributed by atoms with Gasteiger partial charge in [-0.1, -0.05) is 43.7 Å². The molecule has 0 aliphatic carbocycles. The molecule has 1 heterocycles. The third-order valence-electron chi connectivity index (χ3n) is 7.10. The first-order valence-electron chi connectivity index (χ1n) is 14.1. The molecule has 1 amide bonds. The number of unbranched alkanes of at least 4 members (excludes halogenated alkanes) is 2. The van der Waals surface area contributed by atoms with E-state index < -0.39 is 18.2 Å². The lowest BCUT2D eigenvalue weighted by Gasteiger charge is -2.25. The number of rotatable bonds is 13. The topological polar surface area (TPSA) is 90.9 Å². The maximum Gasteiger partial charge on any atom is 0.335 e. The number of anilines is 2. The highest BCUT2D eigenvalue weighted by atomic mass is 19.1. The molecule has 0 spiro atoms. The van der Waals surface area contributed by atoms with E-state index in [1.807, 2.05) is 55.5 Å². The molecular formula is C33H38FN3O4. The minimum absolute atomic E-state index is 0.0422. The van der Waals surface area contributed by atoms with E-state index in [1.165, 1.54) is 12.1 Å². The summed E-state index contributed by atoms with van der Waals surface area (Å²) in [7, 11) is 0. The minimum atomic E-state index is -1.11. The number of benzene rings is 3. The van der Waals surface area contributed by atoms with Gasteiger partial charge in [0.05, 0.1) is 24.6 Å². The molecule has 216 valence electrons. The van der Waals surface area contributed by atoms with Crippen molar-refractivity contribution in [1.29, 1.82) is 0 Å². The van der Waals surface area contributed by atoms with Gasteiger partial charge in [0.1, 0.15) is 24.3 Å². The molecule has 0 aromatic heterocycles. The number of allylic oxidation sites excluding steroid dienone is 1. The Balaban J connectivity index is 1.38. The maximum atomic E-state index is 14.4. The number of aryl methyl sites for hydroxylation is 1.